The van der Waals surface area contributed by atoms with Crippen LogP contribution >= 0.6 is 12.4 Å². The van der Waals surface area contributed by atoms with Crippen LogP contribution in [0.1, 0.15) is 54.4 Å². The minimum Gasteiger partial charge on any atom is -0.482 e. The smallest absolute Gasteiger partial charge is 0.148 e. The summed E-state index contributed by atoms with van der Waals surface area (Å²) in [5, 5.41) is 34.6. The molecule has 34 heavy (non-hydrogen) atoms. The molecule has 0 amide bonds. The second-order valence-corrected chi connectivity index (χ2v) is 8.42. The Labute approximate surface area is 203 Å². The van der Waals surface area contributed by atoms with Crippen LogP contribution in [0.4, 0.5) is 0 Å². The van der Waals surface area contributed by atoms with Gasteiger partial charge in [-0.05, 0) is 64.4 Å². The number of hydrogen-bond donors (Lipinski definition) is 1. The van der Waals surface area contributed by atoms with E-state index in [0.29, 0.717) is 28.6 Å². The zero-order valence-corrected chi connectivity index (χ0v) is 20.1. The highest BCUT2D eigenvalue weighted by atomic mass is 35.5. The molecule has 0 radical (unpaired) electrons. The van der Waals surface area contributed by atoms with E-state index in [1.807, 2.05) is 43.8 Å². The third-order valence-electron chi connectivity index (χ3n) is 6.08. The molecule has 0 spiro atoms. The lowest BCUT2D eigenvalue weighted by molar-refractivity contribution is 0.222. The van der Waals surface area contributed by atoms with Crippen molar-refractivity contribution in [2.24, 2.45) is 0 Å². The van der Waals surface area contributed by atoms with Gasteiger partial charge in [-0.15, -0.1) is 17.5 Å². The SMILES string of the molecule is Cc1cnnc(C(C)Oc2cc(-c3nnn(C4CCNCC4)c3C)cn3ncc(C#N)c23)c1.Cl. The number of halogens is 1. The molecule has 1 aliphatic heterocycles. The fourth-order valence-corrected chi connectivity index (χ4v) is 4.33. The van der Waals surface area contributed by atoms with E-state index in [2.05, 4.69) is 37.0 Å². The van der Waals surface area contributed by atoms with Crippen molar-refractivity contribution in [1.29, 1.82) is 5.26 Å². The number of nitrogens with zero attached hydrogens (tertiary/aromatic N) is 8. The molecule has 5 rings (SSSR count). The van der Waals surface area contributed by atoms with E-state index in [0.717, 1.165) is 48.4 Å². The molecule has 0 aliphatic carbocycles. The first kappa shape index (κ1) is 23.6. The van der Waals surface area contributed by atoms with Gasteiger partial charge in [-0.25, -0.2) is 9.20 Å². The molecular weight excluding hydrogens is 454 g/mol. The Hall–Kier alpha value is -3.55. The molecule has 0 aromatic carbocycles. The minimum atomic E-state index is -0.371. The van der Waals surface area contributed by atoms with Gasteiger partial charge in [0.15, 0.2) is 0 Å². The van der Waals surface area contributed by atoms with Crippen LogP contribution in [0.15, 0.2) is 30.7 Å². The Morgan fingerprint density at radius 2 is 1.97 bits per heavy atom. The van der Waals surface area contributed by atoms with E-state index in [1.165, 1.54) is 0 Å². The van der Waals surface area contributed by atoms with Crippen LogP contribution in [-0.2, 0) is 0 Å². The summed E-state index contributed by atoms with van der Waals surface area (Å²) in [5.74, 6) is 0.535. The summed E-state index contributed by atoms with van der Waals surface area (Å²) in [5.41, 5.74) is 5.36. The Morgan fingerprint density at radius 3 is 2.71 bits per heavy atom. The molecule has 1 atom stereocenters. The molecule has 1 aliphatic rings. The van der Waals surface area contributed by atoms with Gasteiger partial charge < -0.3 is 10.1 Å². The van der Waals surface area contributed by atoms with Crippen LogP contribution < -0.4 is 10.1 Å². The largest absolute Gasteiger partial charge is 0.482 e. The van der Waals surface area contributed by atoms with Crippen molar-refractivity contribution < 1.29 is 4.74 Å². The van der Waals surface area contributed by atoms with Gasteiger partial charge >= 0.3 is 0 Å². The van der Waals surface area contributed by atoms with Crippen molar-refractivity contribution in [3.63, 3.8) is 0 Å². The number of nitriles is 1. The molecule has 0 bridgehead atoms. The number of fused-ring (bicyclic) bond motifs is 1. The highest BCUT2D eigenvalue weighted by molar-refractivity contribution is 5.85. The van der Waals surface area contributed by atoms with Gasteiger partial charge in [0.1, 0.15) is 40.4 Å². The minimum absolute atomic E-state index is 0. The molecule has 5 heterocycles. The first-order chi connectivity index (χ1) is 16.0. The van der Waals surface area contributed by atoms with Gasteiger partial charge in [-0.1, -0.05) is 5.21 Å². The van der Waals surface area contributed by atoms with Crippen LogP contribution in [0.25, 0.3) is 16.8 Å². The van der Waals surface area contributed by atoms with Crippen molar-refractivity contribution in [3.05, 3.63) is 53.2 Å². The highest BCUT2D eigenvalue weighted by Gasteiger charge is 2.23. The molecule has 4 aromatic rings. The monoisotopic (exact) mass is 479 g/mol. The van der Waals surface area contributed by atoms with Crippen molar-refractivity contribution in [1.82, 2.24) is 40.1 Å². The average molecular weight is 480 g/mol. The molecule has 0 saturated carbocycles. The Morgan fingerprint density at radius 1 is 1.18 bits per heavy atom. The van der Waals surface area contributed by atoms with Gasteiger partial charge in [-0.2, -0.15) is 20.6 Å². The number of ether oxygens (including phenoxy) is 1. The maximum absolute atomic E-state index is 9.60. The number of nitrogens with one attached hydrogen (secondary N) is 1. The Bertz CT molecular complexity index is 1350. The molecule has 10 nitrogen and oxygen atoms in total. The van der Waals surface area contributed by atoms with E-state index in [1.54, 1.807) is 16.9 Å². The summed E-state index contributed by atoms with van der Waals surface area (Å²) in [4.78, 5) is 0. The topological polar surface area (TPSA) is 119 Å². The summed E-state index contributed by atoms with van der Waals surface area (Å²) in [6.07, 6.45) is 6.79. The number of hydrogen-bond acceptors (Lipinski definition) is 8. The average Bonchev–Trinajstić information content (AvgIpc) is 3.43. The predicted octanol–water partition coefficient (Wildman–Crippen LogP) is 3.36. The maximum atomic E-state index is 9.60. The lowest BCUT2D eigenvalue weighted by Crippen LogP contribution is -2.30. The van der Waals surface area contributed by atoms with E-state index in [9.17, 15) is 5.26 Å². The van der Waals surface area contributed by atoms with Gasteiger partial charge in [-0.3, -0.25) is 0 Å². The number of rotatable bonds is 5. The van der Waals surface area contributed by atoms with Crippen LogP contribution in [0.5, 0.6) is 5.75 Å². The lowest BCUT2D eigenvalue weighted by atomic mass is 10.1. The predicted molar refractivity (Wildman–Crippen MR) is 128 cm³/mol. The normalized spacial score (nSPS) is 15.0. The molecule has 1 unspecified atom stereocenters. The highest BCUT2D eigenvalue weighted by Crippen LogP contribution is 2.34. The lowest BCUT2D eigenvalue weighted by Gasteiger charge is -2.23. The molecule has 11 heteroatoms. The van der Waals surface area contributed by atoms with E-state index in [4.69, 9.17) is 4.74 Å². The number of aryl methyl sites for hydroxylation is 1. The molecule has 1 saturated heterocycles. The molecule has 176 valence electrons. The van der Waals surface area contributed by atoms with Gasteiger partial charge in [0.2, 0.25) is 0 Å². The van der Waals surface area contributed by atoms with E-state index >= 15 is 0 Å². The summed E-state index contributed by atoms with van der Waals surface area (Å²) >= 11 is 0. The Kier molecular flexibility index (Phi) is 6.77. The third kappa shape index (κ3) is 4.32. The van der Waals surface area contributed by atoms with Crippen LogP contribution in [-0.4, -0.2) is 47.9 Å². The number of pyridine rings is 1. The first-order valence-electron chi connectivity index (χ1n) is 11.1. The van der Waals surface area contributed by atoms with Crippen molar-refractivity contribution in [2.75, 3.05) is 13.1 Å². The summed E-state index contributed by atoms with van der Waals surface area (Å²) < 4.78 is 10.0. The number of piperidine rings is 1. The van der Waals surface area contributed by atoms with Crippen molar-refractivity contribution >= 4 is 17.9 Å². The second kappa shape index (κ2) is 9.75. The molecule has 1 N–H and O–H groups in total. The van der Waals surface area contributed by atoms with Gasteiger partial charge in [0.05, 0.1) is 24.1 Å². The van der Waals surface area contributed by atoms with Crippen molar-refractivity contribution in [3.8, 4) is 23.1 Å². The second-order valence-electron chi connectivity index (χ2n) is 8.42. The molecular formula is C23H26ClN9O. The fraction of sp³-hybridized carbons (Fsp3) is 0.391. The molecule has 1 fully saturated rings. The zero-order valence-electron chi connectivity index (χ0n) is 19.3. The standard InChI is InChI=1S/C23H25N9O.ClH/c1-14-8-20(28-26-11-14)16(3)33-21-9-17(13-31-23(21)18(10-24)12-27-31)22-15(2)32(30-29-22)19-4-6-25-7-5-19;/h8-9,11-13,16,19,25H,4-7H2,1-3H3;1H. The molecule has 4 aromatic heterocycles. The summed E-state index contributed by atoms with van der Waals surface area (Å²) in [6, 6.07) is 6.38. The van der Waals surface area contributed by atoms with Crippen LogP contribution in [0, 0.1) is 25.2 Å². The van der Waals surface area contributed by atoms with Crippen molar-refractivity contribution in [2.45, 2.75) is 45.8 Å². The fourth-order valence-electron chi connectivity index (χ4n) is 4.33. The number of aromatic nitrogens is 7. The van der Waals surface area contributed by atoms with Gasteiger partial charge in [0.25, 0.3) is 0 Å². The zero-order chi connectivity index (χ0) is 22.9. The third-order valence-corrected chi connectivity index (χ3v) is 6.08. The van der Waals surface area contributed by atoms with Crippen LogP contribution in [0.3, 0.4) is 0 Å². The summed E-state index contributed by atoms with van der Waals surface area (Å²) in [7, 11) is 0. The quantitative estimate of drug-likeness (QED) is 0.462. The maximum Gasteiger partial charge on any atom is 0.148 e. The van der Waals surface area contributed by atoms with E-state index < -0.39 is 0 Å². The van der Waals surface area contributed by atoms with E-state index in [-0.39, 0.29) is 18.5 Å². The summed E-state index contributed by atoms with van der Waals surface area (Å²) in [6.45, 7) is 7.87. The Balaban J connectivity index is 0.00000274. The van der Waals surface area contributed by atoms with Gasteiger partial charge in [0, 0.05) is 11.8 Å². The first-order valence-corrected chi connectivity index (χ1v) is 11.1. The van der Waals surface area contributed by atoms with Crippen LogP contribution in [0.2, 0.25) is 0 Å².